The topological polar surface area (TPSA) is 112 Å². The Balaban J connectivity index is 2.27. The second-order valence-electron chi connectivity index (χ2n) is 5.24. The van der Waals surface area contributed by atoms with Crippen LogP contribution in [0.4, 0.5) is 0 Å². The van der Waals surface area contributed by atoms with Crippen LogP contribution in [0, 0.1) is 0 Å². The fourth-order valence-corrected chi connectivity index (χ4v) is 4.95. The number of carbonyl (C=O) groups is 1. The van der Waals surface area contributed by atoms with Gasteiger partial charge in [0.1, 0.15) is 6.54 Å². The van der Waals surface area contributed by atoms with Crippen LogP contribution in [0.2, 0.25) is 0 Å². The van der Waals surface area contributed by atoms with Crippen molar-refractivity contribution in [3.8, 4) is 0 Å². The zero-order valence-electron chi connectivity index (χ0n) is 12.5. The molecule has 1 aliphatic rings. The molecular formula is C13H18N2O6S2. The van der Waals surface area contributed by atoms with E-state index in [1.165, 1.54) is 28.6 Å². The maximum atomic E-state index is 12.4. The molecule has 0 aliphatic carbocycles. The van der Waals surface area contributed by atoms with Crippen LogP contribution >= 0.6 is 0 Å². The monoisotopic (exact) mass is 362 g/mol. The molecule has 1 heterocycles. The van der Waals surface area contributed by atoms with Crippen molar-refractivity contribution < 1.29 is 26.7 Å². The number of carboxylic acid groups (broad SMARTS) is 1. The fourth-order valence-electron chi connectivity index (χ4n) is 2.32. The molecule has 1 saturated heterocycles. The number of aliphatic carboxylic acids is 1. The second kappa shape index (κ2) is 6.56. The van der Waals surface area contributed by atoms with E-state index in [9.17, 15) is 21.6 Å². The van der Waals surface area contributed by atoms with Gasteiger partial charge in [-0.3, -0.25) is 4.79 Å². The molecule has 0 saturated carbocycles. The molecule has 0 atom stereocenters. The first-order chi connectivity index (χ1) is 10.7. The van der Waals surface area contributed by atoms with Gasteiger partial charge >= 0.3 is 5.97 Å². The molecule has 0 spiro atoms. The number of hydrogen-bond donors (Lipinski definition) is 1. The Morgan fingerprint density at radius 3 is 2.04 bits per heavy atom. The van der Waals surface area contributed by atoms with Crippen LogP contribution < -0.4 is 0 Å². The van der Waals surface area contributed by atoms with Crippen LogP contribution in [-0.2, 0) is 24.8 Å². The molecule has 23 heavy (non-hydrogen) atoms. The molecule has 128 valence electrons. The molecule has 0 amide bonds. The highest BCUT2D eigenvalue weighted by Crippen LogP contribution is 2.23. The molecule has 1 N–H and O–H groups in total. The molecule has 1 aromatic rings. The Morgan fingerprint density at radius 2 is 1.57 bits per heavy atom. The Kier molecular flexibility index (Phi) is 5.09. The van der Waals surface area contributed by atoms with Gasteiger partial charge in [0.15, 0.2) is 0 Å². The Bertz CT molecular complexity index is 780. The molecule has 1 fully saturated rings. The minimum Gasteiger partial charge on any atom is -0.480 e. The van der Waals surface area contributed by atoms with E-state index < -0.39 is 32.6 Å². The van der Waals surface area contributed by atoms with E-state index in [4.69, 9.17) is 5.11 Å². The molecule has 1 aliphatic heterocycles. The summed E-state index contributed by atoms with van der Waals surface area (Å²) in [5, 5.41) is 8.68. The van der Waals surface area contributed by atoms with Crippen molar-refractivity contribution in [2.45, 2.75) is 22.6 Å². The zero-order valence-corrected chi connectivity index (χ0v) is 14.2. The summed E-state index contributed by atoms with van der Waals surface area (Å²) in [6, 6.07) is 4.82. The average molecular weight is 362 g/mol. The third-order valence-electron chi connectivity index (χ3n) is 3.59. The first-order valence-electron chi connectivity index (χ1n) is 6.94. The van der Waals surface area contributed by atoms with Crippen LogP contribution in [-0.4, -0.2) is 63.2 Å². The lowest BCUT2D eigenvalue weighted by molar-refractivity contribution is -0.137. The van der Waals surface area contributed by atoms with E-state index in [2.05, 4.69) is 0 Å². The number of sulfonamides is 2. The van der Waals surface area contributed by atoms with Gasteiger partial charge in [0.2, 0.25) is 20.0 Å². The summed E-state index contributed by atoms with van der Waals surface area (Å²) in [6.45, 7) is 0.254. The van der Waals surface area contributed by atoms with Crippen molar-refractivity contribution in [2.24, 2.45) is 0 Å². The van der Waals surface area contributed by atoms with E-state index in [1.807, 2.05) is 0 Å². The van der Waals surface area contributed by atoms with Gasteiger partial charge in [-0.2, -0.15) is 8.61 Å². The van der Waals surface area contributed by atoms with Crippen molar-refractivity contribution in [1.82, 2.24) is 8.61 Å². The number of hydrogen-bond acceptors (Lipinski definition) is 5. The first kappa shape index (κ1) is 17.9. The average Bonchev–Trinajstić information content (AvgIpc) is 3.01. The van der Waals surface area contributed by atoms with Gasteiger partial charge in [0.05, 0.1) is 9.79 Å². The molecule has 0 bridgehead atoms. The summed E-state index contributed by atoms with van der Waals surface area (Å²) in [6.07, 6.45) is 1.62. The molecule has 0 radical (unpaired) electrons. The van der Waals surface area contributed by atoms with E-state index >= 15 is 0 Å². The van der Waals surface area contributed by atoms with Gasteiger partial charge in [-0.1, -0.05) is 0 Å². The van der Waals surface area contributed by atoms with Gasteiger partial charge in [0, 0.05) is 20.1 Å². The van der Waals surface area contributed by atoms with Crippen LogP contribution in [0.1, 0.15) is 12.8 Å². The number of carboxylic acids is 1. The number of nitrogens with zero attached hydrogens (tertiary/aromatic N) is 2. The standard InChI is InChI=1S/C13H18N2O6S2/c1-14(10-13(16)17)22(18,19)11-4-6-12(7-5-11)23(20,21)15-8-2-3-9-15/h4-7H,2-3,8-10H2,1H3,(H,16,17). The van der Waals surface area contributed by atoms with Gasteiger partial charge in [0.25, 0.3) is 0 Å². The van der Waals surface area contributed by atoms with Gasteiger partial charge in [-0.15, -0.1) is 0 Å². The first-order valence-corrected chi connectivity index (χ1v) is 9.82. The maximum absolute atomic E-state index is 12.4. The molecule has 0 aromatic heterocycles. The lowest BCUT2D eigenvalue weighted by Crippen LogP contribution is -2.32. The molecule has 0 unspecified atom stereocenters. The Labute approximate surface area is 135 Å². The fraction of sp³-hybridized carbons (Fsp3) is 0.462. The summed E-state index contributed by atoms with van der Waals surface area (Å²) >= 11 is 0. The zero-order chi connectivity index (χ0) is 17.3. The third kappa shape index (κ3) is 3.71. The predicted octanol–water partition coefficient (Wildman–Crippen LogP) is 0.176. The van der Waals surface area contributed by atoms with Crippen molar-refractivity contribution in [1.29, 1.82) is 0 Å². The minimum atomic E-state index is -3.97. The number of rotatable bonds is 6. The van der Waals surface area contributed by atoms with E-state index in [1.54, 1.807) is 0 Å². The van der Waals surface area contributed by atoms with E-state index in [-0.39, 0.29) is 9.79 Å². The van der Waals surface area contributed by atoms with Gasteiger partial charge in [-0.25, -0.2) is 16.8 Å². The molecule has 8 nitrogen and oxygen atoms in total. The summed E-state index contributed by atoms with van der Waals surface area (Å²) in [5.74, 6) is -1.27. The summed E-state index contributed by atoms with van der Waals surface area (Å²) in [4.78, 5) is 10.5. The Morgan fingerprint density at radius 1 is 1.09 bits per heavy atom. The highest BCUT2D eigenvalue weighted by atomic mass is 32.2. The summed E-state index contributed by atoms with van der Waals surface area (Å²) in [7, 11) is -6.43. The third-order valence-corrected chi connectivity index (χ3v) is 7.32. The predicted molar refractivity (Wildman–Crippen MR) is 81.9 cm³/mol. The van der Waals surface area contributed by atoms with Crippen molar-refractivity contribution in [2.75, 3.05) is 26.7 Å². The van der Waals surface area contributed by atoms with E-state index in [0.717, 1.165) is 19.9 Å². The number of likely N-dealkylation sites (N-methyl/N-ethyl adjacent to an activating group) is 1. The highest BCUT2D eigenvalue weighted by molar-refractivity contribution is 7.89. The van der Waals surface area contributed by atoms with Crippen molar-refractivity contribution in [3.63, 3.8) is 0 Å². The smallest absolute Gasteiger partial charge is 0.318 e. The summed E-state index contributed by atoms with van der Waals surface area (Å²) < 4.78 is 51.2. The van der Waals surface area contributed by atoms with Crippen molar-refractivity contribution >= 4 is 26.0 Å². The maximum Gasteiger partial charge on any atom is 0.318 e. The highest BCUT2D eigenvalue weighted by Gasteiger charge is 2.28. The molecule has 2 rings (SSSR count). The minimum absolute atomic E-state index is 0.0271. The second-order valence-corrected chi connectivity index (χ2v) is 9.22. The van der Waals surface area contributed by atoms with E-state index in [0.29, 0.717) is 17.4 Å². The van der Waals surface area contributed by atoms with Gasteiger partial charge < -0.3 is 5.11 Å². The largest absolute Gasteiger partial charge is 0.480 e. The molecule has 1 aromatic carbocycles. The van der Waals surface area contributed by atoms with Crippen LogP contribution in [0.15, 0.2) is 34.1 Å². The van der Waals surface area contributed by atoms with Crippen LogP contribution in [0.25, 0.3) is 0 Å². The molecule has 10 heteroatoms. The normalized spacial score (nSPS) is 16.8. The van der Waals surface area contributed by atoms with Crippen molar-refractivity contribution in [3.05, 3.63) is 24.3 Å². The lowest BCUT2D eigenvalue weighted by atomic mass is 10.4. The van der Waals surface area contributed by atoms with Crippen LogP contribution in [0.5, 0.6) is 0 Å². The Hall–Kier alpha value is -1.49. The van der Waals surface area contributed by atoms with Crippen LogP contribution in [0.3, 0.4) is 0 Å². The quantitative estimate of drug-likeness (QED) is 0.772. The van der Waals surface area contributed by atoms with Gasteiger partial charge in [-0.05, 0) is 37.1 Å². The SMILES string of the molecule is CN(CC(=O)O)S(=O)(=O)c1ccc(S(=O)(=O)N2CCCC2)cc1. The number of benzene rings is 1. The molecular weight excluding hydrogens is 344 g/mol. The lowest BCUT2D eigenvalue weighted by Gasteiger charge is -2.17. The summed E-state index contributed by atoms with van der Waals surface area (Å²) in [5.41, 5.74) is 0.